The summed E-state index contributed by atoms with van der Waals surface area (Å²) in [5.74, 6) is 1.07. The Kier molecular flexibility index (Phi) is 8.63. The summed E-state index contributed by atoms with van der Waals surface area (Å²) in [5, 5.41) is 15.4. The van der Waals surface area contributed by atoms with E-state index in [0.29, 0.717) is 33.2 Å². The minimum atomic E-state index is -0.310. The van der Waals surface area contributed by atoms with Gasteiger partial charge < -0.3 is 20.1 Å². The van der Waals surface area contributed by atoms with Gasteiger partial charge in [-0.25, -0.2) is 4.98 Å². The van der Waals surface area contributed by atoms with Crippen LogP contribution in [-0.4, -0.2) is 51.5 Å². The van der Waals surface area contributed by atoms with Crippen LogP contribution in [0.4, 0.5) is 5.13 Å². The summed E-state index contributed by atoms with van der Waals surface area (Å²) in [4.78, 5) is 30.1. The van der Waals surface area contributed by atoms with Crippen molar-refractivity contribution >= 4 is 66.2 Å². The average Bonchev–Trinajstić information content (AvgIpc) is 3.58. The normalized spacial score (nSPS) is 10.9. The van der Waals surface area contributed by atoms with E-state index in [4.69, 9.17) is 9.47 Å². The van der Waals surface area contributed by atoms with E-state index in [1.165, 1.54) is 37.3 Å². The number of thioether (sulfide) groups is 1. The standard InChI is InChI=1S/C27H23BrN6O4S2/c1-37-20-12-7-16(13-21(20)38-2)25(36)29-14-23-32-33-27(34(23)18-10-8-17(28)9-11-18)39-15-24(35)31-26-30-19-5-3-4-6-22(19)40-26/h3-13H,14-15H2,1-2H3,(H,29,36)(H,30,31,35). The average molecular weight is 640 g/mol. The monoisotopic (exact) mass is 638 g/mol. The van der Waals surface area contributed by atoms with Crippen LogP contribution in [0, 0.1) is 0 Å². The third-order valence-electron chi connectivity index (χ3n) is 5.71. The van der Waals surface area contributed by atoms with Crippen molar-refractivity contribution in [3.05, 3.63) is 82.6 Å². The number of fused-ring (bicyclic) bond motifs is 1. The van der Waals surface area contributed by atoms with E-state index in [2.05, 4.69) is 41.7 Å². The summed E-state index contributed by atoms with van der Waals surface area (Å²) in [6.45, 7) is 0.106. The maximum atomic E-state index is 12.9. The number of nitrogens with one attached hydrogen (secondary N) is 2. The Balaban J connectivity index is 1.31. The predicted molar refractivity (Wildman–Crippen MR) is 159 cm³/mol. The van der Waals surface area contributed by atoms with Gasteiger partial charge in [0.05, 0.1) is 36.7 Å². The van der Waals surface area contributed by atoms with E-state index in [-0.39, 0.29) is 24.1 Å². The Labute approximate surface area is 246 Å². The van der Waals surface area contributed by atoms with Gasteiger partial charge in [0.15, 0.2) is 27.6 Å². The lowest BCUT2D eigenvalue weighted by Crippen LogP contribution is -2.24. The zero-order chi connectivity index (χ0) is 28.1. The first-order valence-corrected chi connectivity index (χ1v) is 14.5. The maximum Gasteiger partial charge on any atom is 0.251 e. The highest BCUT2D eigenvalue weighted by Crippen LogP contribution is 2.29. The number of para-hydroxylation sites is 1. The molecule has 3 aromatic carbocycles. The van der Waals surface area contributed by atoms with Crippen molar-refractivity contribution in [1.29, 1.82) is 0 Å². The number of rotatable bonds is 10. The molecule has 204 valence electrons. The molecular formula is C27H23BrN6O4S2. The van der Waals surface area contributed by atoms with Gasteiger partial charge in [-0.15, -0.1) is 10.2 Å². The van der Waals surface area contributed by atoms with Crippen LogP contribution in [0.1, 0.15) is 16.2 Å². The lowest BCUT2D eigenvalue weighted by atomic mass is 10.2. The van der Waals surface area contributed by atoms with Crippen molar-refractivity contribution in [1.82, 2.24) is 25.1 Å². The number of amides is 2. The number of hydrogen-bond acceptors (Lipinski definition) is 9. The largest absolute Gasteiger partial charge is 0.493 e. The Hall–Kier alpha value is -3.94. The molecule has 0 unspecified atom stereocenters. The number of halogens is 1. The Morgan fingerprint density at radius 1 is 1.00 bits per heavy atom. The Morgan fingerprint density at radius 2 is 1.77 bits per heavy atom. The Bertz CT molecular complexity index is 1640. The van der Waals surface area contributed by atoms with Crippen LogP contribution < -0.4 is 20.1 Å². The molecule has 2 amide bonds. The SMILES string of the molecule is COc1ccc(C(=O)NCc2nnc(SCC(=O)Nc3nc4ccccc4s3)n2-c2ccc(Br)cc2)cc1OC. The molecule has 5 aromatic rings. The second kappa shape index (κ2) is 12.5. The number of thiazole rings is 1. The number of aromatic nitrogens is 4. The number of nitrogens with zero attached hydrogens (tertiary/aromatic N) is 4. The first kappa shape index (κ1) is 27.6. The number of ether oxygens (including phenoxy) is 2. The third-order valence-corrected chi connectivity index (χ3v) is 8.12. The summed E-state index contributed by atoms with van der Waals surface area (Å²) >= 11 is 6.12. The fourth-order valence-corrected chi connectivity index (χ4v) is 5.72. The van der Waals surface area contributed by atoms with Gasteiger partial charge in [-0.1, -0.05) is 51.2 Å². The summed E-state index contributed by atoms with van der Waals surface area (Å²) in [7, 11) is 3.05. The molecule has 0 aliphatic heterocycles. The lowest BCUT2D eigenvalue weighted by Gasteiger charge is -2.12. The van der Waals surface area contributed by atoms with Crippen molar-refractivity contribution < 1.29 is 19.1 Å². The van der Waals surface area contributed by atoms with Crippen LogP contribution in [0.5, 0.6) is 11.5 Å². The van der Waals surface area contributed by atoms with E-state index in [9.17, 15) is 9.59 Å². The summed E-state index contributed by atoms with van der Waals surface area (Å²) in [5.41, 5.74) is 2.04. The maximum absolute atomic E-state index is 12.9. The third kappa shape index (κ3) is 6.27. The van der Waals surface area contributed by atoms with E-state index in [1.54, 1.807) is 18.2 Å². The predicted octanol–water partition coefficient (Wildman–Crippen LogP) is 5.32. The van der Waals surface area contributed by atoms with Gasteiger partial charge in [-0.2, -0.15) is 0 Å². The van der Waals surface area contributed by atoms with Crippen LogP contribution in [0.15, 0.2) is 76.4 Å². The van der Waals surface area contributed by atoms with Crippen LogP contribution >= 0.6 is 39.0 Å². The number of benzene rings is 3. The Morgan fingerprint density at radius 3 is 2.52 bits per heavy atom. The molecule has 40 heavy (non-hydrogen) atoms. The van der Waals surface area contributed by atoms with Crippen LogP contribution in [0.25, 0.3) is 15.9 Å². The highest BCUT2D eigenvalue weighted by Gasteiger charge is 2.18. The van der Waals surface area contributed by atoms with Crippen LogP contribution in [0.3, 0.4) is 0 Å². The smallest absolute Gasteiger partial charge is 0.251 e. The zero-order valence-corrected chi connectivity index (χ0v) is 24.6. The number of carbonyl (C=O) groups is 2. The second-order valence-electron chi connectivity index (χ2n) is 8.29. The van der Waals surface area contributed by atoms with Gasteiger partial charge in [0, 0.05) is 15.7 Å². The van der Waals surface area contributed by atoms with Gasteiger partial charge >= 0.3 is 0 Å². The van der Waals surface area contributed by atoms with E-state index < -0.39 is 0 Å². The molecule has 0 saturated heterocycles. The van der Waals surface area contributed by atoms with Crippen LogP contribution in [0.2, 0.25) is 0 Å². The minimum absolute atomic E-state index is 0.0998. The number of carbonyl (C=O) groups excluding carboxylic acids is 2. The summed E-state index contributed by atoms with van der Waals surface area (Å²) in [6, 6.07) is 20.2. The first-order chi connectivity index (χ1) is 19.4. The van der Waals surface area contributed by atoms with Crippen LogP contribution in [-0.2, 0) is 11.3 Å². The molecule has 5 rings (SSSR count). The van der Waals surface area contributed by atoms with Crippen molar-refractivity contribution in [3.8, 4) is 17.2 Å². The van der Waals surface area contributed by atoms with Gasteiger partial charge in [0.1, 0.15) is 0 Å². The lowest BCUT2D eigenvalue weighted by molar-refractivity contribution is -0.113. The molecule has 0 fully saturated rings. The molecule has 2 N–H and O–H groups in total. The molecular weight excluding hydrogens is 616 g/mol. The zero-order valence-electron chi connectivity index (χ0n) is 21.4. The molecule has 13 heteroatoms. The number of methoxy groups -OCH3 is 2. The first-order valence-electron chi connectivity index (χ1n) is 11.9. The summed E-state index contributed by atoms with van der Waals surface area (Å²) < 4.78 is 14.3. The highest BCUT2D eigenvalue weighted by atomic mass is 79.9. The van der Waals surface area contributed by atoms with Crippen molar-refractivity contribution in [2.75, 3.05) is 25.3 Å². The van der Waals surface area contributed by atoms with E-state index in [1.807, 2.05) is 53.1 Å². The molecule has 10 nitrogen and oxygen atoms in total. The fourth-order valence-electron chi connectivity index (χ4n) is 3.81. The molecule has 0 bridgehead atoms. The van der Waals surface area contributed by atoms with Gasteiger partial charge in [0.2, 0.25) is 5.91 Å². The second-order valence-corrected chi connectivity index (χ2v) is 11.2. The molecule has 0 aliphatic carbocycles. The number of anilines is 1. The quantitative estimate of drug-likeness (QED) is 0.197. The topological polar surface area (TPSA) is 120 Å². The van der Waals surface area contributed by atoms with Gasteiger partial charge in [-0.3, -0.25) is 14.2 Å². The molecule has 0 radical (unpaired) electrons. The molecule has 2 heterocycles. The molecule has 0 saturated carbocycles. The van der Waals surface area contributed by atoms with Crippen molar-refractivity contribution in [2.45, 2.75) is 11.7 Å². The van der Waals surface area contributed by atoms with Crippen molar-refractivity contribution in [2.24, 2.45) is 0 Å². The molecule has 0 aliphatic rings. The molecule has 2 aromatic heterocycles. The van der Waals surface area contributed by atoms with Gasteiger partial charge in [-0.05, 0) is 54.6 Å². The highest BCUT2D eigenvalue weighted by molar-refractivity contribution is 9.10. The fraction of sp³-hybridized carbons (Fsp3) is 0.148. The minimum Gasteiger partial charge on any atom is -0.493 e. The van der Waals surface area contributed by atoms with Crippen molar-refractivity contribution in [3.63, 3.8) is 0 Å². The molecule has 0 atom stereocenters. The number of hydrogen-bond donors (Lipinski definition) is 2. The molecule has 0 spiro atoms. The van der Waals surface area contributed by atoms with E-state index in [0.717, 1.165) is 20.4 Å². The summed E-state index contributed by atoms with van der Waals surface area (Å²) in [6.07, 6.45) is 0. The van der Waals surface area contributed by atoms with E-state index >= 15 is 0 Å². The van der Waals surface area contributed by atoms with Gasteiger partial charge in [0.25, 0.3) is 5.91 Å².